The lowest BCUT2D eigenvalue weighted by Gasteiger charge is -2.10. The van der Waals surface area contributed by atoms with Crippen LogP contribution in [-0.4, -0.2) is 38.5 Å². The fraction of sp³-hybridized carbons (Fsp3) is 0.312. The summed E-state index contributed by atoms with van der Waals surface area (Å²) in [5.41, 5.74) is 4.11. The second-order valence-electron chi connectivity index (χ2n) is 4.71. The van der Waals surface area contributed by atoms with Crippen molar-refractivity contribution in [2.24, 2.45) is 5.10 Å². The zero-order chi connectivity index (χ0) is 18.4. The second kappa shape index (κ2) is 8.68. The molecule has 1 aromatic carbocycles. The Morgan fingerprint density at radius 3 is 2.72 bits per heavy atom. The number of rotatable bonds is 7. The average Bonchev–Trinajstić information content (AvgIpc) is 3.05. The van der Waals surface area contributed by atoms with E-state index in [0.29, 0.717) is 44.2 Å². The number of anilines is 1. The monoisotopic (exact) mass is 383 g/mol. The minimum absolute atomic E-state index is 0.385. The number of carbonyl (C=O) groups excluding carboxylic acids is 1. The second-order valence-corrected chi connectivity index (χ2v) is 6.09. The molecule has 0 amide bonds. The van der Waals surface area contributed by atoms with Gasteiger partial charge in [-0.05, 0) is 18.6 Å². The number of ether oxygens (including phenoxy) is 3. The standard InChI is InChI=1S/C16H18ClN3O4S/c1-5-10-14(15(21)24-4)25-16(19-10)20-18-8-9-6-7-11(22-2)13(23-3)12(9)17/h6-8H,5H2,1-4H3,(H,19,20)/b18-8-. The zero-order valence-corrected chi connectivity index (χ0v) is 15.8. The summed E-state index contributed by atoms with van der Waals surface area (Å²) < 4.78 is 15.2. The minimum atomic E-state index is -0.408. The maximum atomic E-state index is 11.7. The molecule has 0 aliphatic heterocycles. The van der Waals surface area contributed by atoms with Crippen molar-refractivity contribution in [3.8, 4) is 11.5 Å². The molecule has 0 atom stereocenters. The van der Waals surface area contributed by atoms with Gasteiger partial charge in [0.2, 0.25) is 5.13 Å². The van der Waals surface area contributed by atoms with E-state index in [1.165, 1.54) is 38.9 Å². The van der Waals surface area contributed by atoms with Crippen molar-refractivity contribution in [3.63, 3.8) is 0 Å². The molecule has 1 N–H and O–H groups in total. The fourth-order valence-electron chi connectivity index (χ4n) is 2.05. The summed E-state index contributed by atoms with van der Waals surface area (Å²) in [5.74, 6) is 0.561. The maximum absolute atomic E-state index is 11.7. The smallest absolute Gasteiger partial charge is 0.350 e. The molecular weight excluding hydrogens is 366 g/mol. The summed E-state index contributed by atoms with van der Waals surface area (Å²) in [6.45, 7) is 1.91. The summed E-state index contributed by atoms with van der Waals surface area (Å²) >= 11 is 7.47. The van der Waals surface area contributed by atoms with E-state index in [4.69, 9.17) is 25.8 Å². The highest BCUT2D eigenvalue weighted by Gasteiger charge is 2.17. The molecule has 0 unspecified atom stereocenters. The molecule has 9 heteroatoms. The molecular formula is C16H18ClN3O4S. The van der Waals surface area contributed by atoms with Gasteiger partial charge in [-0.25, -0.2) is 9.78 Å². The molecule has 0 saturated carbocycles. The van der Waals surface area contributed by atoms with Crippen LogP contribution in [0.25, 0.3) is 0 Å². The number of esters is 1. The van der Waals surface area contributed by atoms with Gasteiger partial charge in [0.15, 0.2) is 11.5 Å². The third-order valence-corrected chi connectivity index (χ3v) is 4.65. The molecule has 25 heavy (non-hydrogen) atoms. The molecule has 134 valence electrons. The van der Waals surface area contributed by atoms with E-state index in [2.05, 4.69) is 15.5 Å². The summed E-state index contributed by atoms with van der Waals surface area (Å²) in [4.78, 5) is 16.5. The topological polar surface area (TPSA) is 82.0 Å². The first-order chi connectivity index (χ1) is 12.0. The van der Waals surface area contributed by atoms with Crippen LogP contribution in [0, 0.1) is 0 Å². The number of nitrogens with zero attached hydrogens (tertiary/aromatic N) is 2. The molecule has 0 bridgehead atoms. The fourth-order valence-corrected chi connectivity index (χ4v) is 3.26. The largest absolute Gasteiger partial charge is 0.493 e. The van der Waals surface area contributed by atoms with E-state index in [1.54, 1.807) is 12.1 Å². The van der Waals surface area contributed by atoms with Crippen LogP contribution in [0.1, 0.15) is 27.9 Å². The van der Waals surface area contributed by atoms with Gasteiger partial charge in [0.05, 0.1) is 38.3 Å². The molecule has 0 aliphatic rings. The lowest BCUT2D eigenvalue weighted by molar-refractivity contribution is 0.0605. The van der Waals surface area contributed by atoms with Gasteiger partial charge in [-0.15, -0.1) is 0 Å². The van der Waals surface area contributed by atoms with Gasteiger partial charge in [-0.3, -0.25) is 5.43 Å². The molecule has 0 fully saturated rings. The Labute approximate surface area is 154 Å². The summed E-state index contributed by atoms with van der Waals surface area (Å²) in [5, 5.41) is 4.99. The van der Waals surface area contributed by atoms with Crippen molar-refractivity contribution >= 4 is 40.3 Å². The predicted octanol–water partition coefficient (Wildman–Crippen LogP) is 3.61. The molecule has 2 aromatic rings. The third kappa shape index (κ3) is 4.21. The van der Waals surface area contributed by atoms with Gasteiger partial charge >= 0.3 is 5.97 Å². The summed E-state index contributed by atoms with van der Waals surface area (Å²) in [6, 6.07) is 3.49. The Bertz CT molecular complexity index is 792. The number of nitrogens with one attached hydrogen (secondary N) is 1. The summed E-state index contributed by atoms with van der Waals surface area (Å²) in [7, 11) is 4.39. The number of methoxy groups -OCH3 is 3. The maximum Gasteiger partial charge on any atom is 0.350 e. The number of aromatic nitrogens is 1. The van der Waals surface area contributed by atoms with E-state index in [-0.39, 0.29) is 0 Å². The highest BCUT2D eigenvalue weighted by Crippen LogP contribution is 2.36. The molecule has 0 saturated heterocycles. The molecule has 1 aromatic heterocycles. The number of hydrazone groups is 1. The SMILES string of the molecule is CCc1nc(N/N=C\c2ccc(OC)c(OC)c2Cl)sc1C(=O)OC. The average molecular weight is 384 g/mol. The van der Waals surface area contributed by atoms with Gasteiger partial charge in [0, 0.05) is 5.56 Å². The van der Waals surface area contributed by atoms with E-state index >= 15 is 0 Å². The highest BCUT2D eigenvalue weighted by molar-refractivity contribution is 7.17. The number of hydrogen-bond acceptors (Lipinski definition) is 8. The first-order valence-corrected chi connectivity index (χ1v) is 8.52. The lowest BCUT2D eigenvalue weighted by atomic mass is 10.2. The van der Waals surface area contributed by atoms with E-state index in [0.717, 1.165) is 0 Å². The molecule has 0 radical (unpaired) electrons. The normalized spacial score (nSPS) is 10.8. The molecule has 0 aliphatic carbocycles. The Kier molecular flexibility index (Phi) is 6.60. The molecule has 1 heterocycles. The number of aryl methyl sites for hydroxylation is 1. The lowest BCUT2D eigenvalue weighted by Crippen LogP contribution is -2.01. The van der Waals surface area contributed by atoms with Gasteiger partial charge in [-0.2, -0.15) is 5.10 Å². The van der Waals surface area contributed by atoms with Gasteiger partial charge in [0.1, 0.15) is 4.88 Å². The van der Waals surface area contributed by atoms with E-state index < -0.39 is 5.97 Å². The Morgan fingerprint density at radius 1 is 1.36 bits per heavy atom. The van der Waals surface area contributed by atoms with Crippen molar-refractivity contribution in [1.82, 2.24) is 4.98 Å². The van der Waals surface area contributed by atoms with Gasteiger partial charge in [0.25, 0.3) is 0 Å². The zero-order valence-electron chi connectivity index (χ0n) is 14.3. The third-order valence-electron chi connectivity index (χ3n) is 3.28. The highest BCUT2D eigenvalue weighted by atomic mass is 35.5. The van der Waals surface area contributed by atoms with Crippen molar-refractivity contribution in [1.29, 1.82) is 0 Å². The molecule has 7 nitrogen and oxygen atoms in total. The van der Waals surface area contributed by atoms with Crippen LogP contribution in [0.2, 0.25) is 5.02 Å². The number of thiazole rings is 1. The van der Waals surface area contributed by atoms with Crippen molar-refractivity contribution in [2.45, 2.75) is 13.3 Å². The van der Waals surface area contributed by atoms with Crippen molar-refractivity contribution < 1.29 is 19.0 Å². The predicted molar refractivity (Wildman–Crippen MR) is 98.6 cm³/mol. The first kappa shape index (κ1) is 19.0. The van der Waals surface area contributed by atoms with Crippen LogP contribution in [0.4, 0.5) is 5.13 Å². The Balaban J connectivity index is 2.19. The quantitative estimate of drug-likeness (QED) is 0.447. The van der Waals surface area contributed by atoms with Gasteiger partial charge in [-0.1, -0.05) is 29.9 Å². The van der Waals surface area contributed by atoms with Crippen LogP contribution >= 0.6 is 22.9 Å². The van der Waals surface area contributed by atoms with Crippen molar-refractivity contribution in [3.05, 3.63) is 33.3 Å². The molecule has 2 rings (SSSR count). The van der Waals surface area contributed by atoms with Crippen LogP contribution in [0.3, 0.4) is 0 Å². The number of carbonyl (C=O) groups is 1. The van der Waals surface area contributed by atoms with Crippen LogP contribution in [0.15, 0.2) is 17.2 Å². The minimum Gasteiger partial charge on any atom is -0.493 e. The summed E-state index contributed by atoms with van der Waals surface area (Å²) in [6.07, 6.45) is 2.16. The number of hydrogen-bond donors (Lipinski definition) is 1. The van der Waals surface area contributed by atoms with Crippen molar-refractivity contribution in [2.75, 3.05) is 26.8 Å². The number of halogens is 1. The van der Waals surface area contributed by atoms with E-state index in [9.17, 15) is 4.79 Å². The van der Waals surface area contributed by atoms with Gasteiger partial charge < -0.3 is 14.2 Å². The first-order valence-electron chi connectivity index (χ1n) is 7.33. The van der Waals surface area contributed by atoms with E-state index in [1.807, 2.05) is 6.92 Å². The van der Waals surface area contributed by atoms with Crippen LogP contribution in [0.5, 0.6) is 11.5 Å². The molecule has 0 spiro atoms. The Hall–Kier alpha value is -2.32. The number of benzene rings is 1. The Morgan fingerprint density at radius 2 is 2.12 bits per heavy atom. The van der Waals surface area contributed by atoms with Crippen LogP contribution in [-0.2, 0) is 11.2 Å². The van der Waals surface area contributed by atoms with Crippen LogP contribution < -0.4 is 14.9 Å².